The fraction of sp³-hybridized carbons (Fsp3) is 0.381. The lowest BCUT2D eigenvalue weighted by Gasteiger charge is -2.19. The molecule has 0 aliphatic rings. The van der Waals surface area contributed by atoms with Crippen LogP contribution in [0.2, 0.25) is 0 Å². The number of hydrogen-bond acceptors (Lipinski definition) is 4. The number of likely N-dealkylation sites (N-methyl/N-ethyl adjacent to an activating group) is 1. The summed E-state index contributed by atoms with van der Waals surface area (Å²) in [5.41, 5.74) is 3.35. The Balaban J connectivity index is 2.17. The molecule has 2 rings (SSSR count). The fourth-order valence-corrected chi connectivity index (χ4v) is 2.83. The maximum Gasteiger partial charge on any atom is 0.253 e. The molecule has 5 nitrogen and oxygen atoms in total. The standard InChI is InChI=1S/C21H29N3O2/c1-5-24(6-2)21(26)16-10-12-17(13-11-16)22-19-8-7-9-20(25)18(19)14-15-23(3)4/h7-13,22,25H,5-6,14-15H2,1-4H3. The second-order valence-electron chi connectivity index (χ2n) is 6.54. The van der Waals surface area contributed by atoms with Gasteiger partial charge in [-0.05, 0) is 70.8 Å². The summed E-state index contributed by atoms with van der Waals surface area (Å²) in [5.74, 6) is 0.343. The van der Waals surface area contributed by atoms with Crippen molar-refractivity contribution in [3.8, 4) is 5.75 Å². The summed E-state index contributed by atoms with van der Waals surface area (Å²) >= 11 is 0. The molecule has 0 saturated heterocycles. The van der Waals surface area contributed by atoms with Crippen LogP contribution < -0.4 is 5.32 Å². The van der Waals surface area contributed by atoms with E-state index in [2.05, 4.69) is 10.2 Å². The van der Waals surface area contributed by atoms with E-state index in [1.54, 1.807) is 11.0 Å². The first-order valence-corrected chi connectivity index (χ1v) is 9.08. The van der Waals surface area contributed by atoms with Crippen molar-refractivity contribution in [2.75, 3.05) is 39.0 Å². The van der Waals surface area contributed by atoms with Gasteiger partial charge >= 0.3 is 0 Å². The van der Waals surface area contributed by atoms with E-state index in [0.717, 1.165) is 29.9 Å². The second-order valence-corrected chi connectivity index (χ2v) is 6.54. The maximum atomic E-state index is 12.4. The molecule has 0 atom stereocenters. The molecule has 2 N–H and O–H groups in total. The van der Waals surface area contributed by atoms with E-state index >= 15 is 0 Å². The number of rotatable bonds is 8. The number of phenols is 1. The van der Waals surface area contributed by atoms with Gasteiger partial charge in [0.2, 0.25) is 0 Å². The Morgan fingerprint density at radius 2 is 1.69 bits per heavy atom. The lowest BCUT2D eigenvalue weighted by molar-refractivity contribution is 0.0773. The number of carbonyl (C=O) groups excluding carboxylic acids is 1. The van der Waals surface area contributed by atoms with Gasteiger partial charge in [0, 0.05) is 42.1 Å². The van der Waals surface area contributed by atoms with Gasteiger partial charge < -0.3 is 20.2 Å². The monoisotopic (exact) mass is 355 g/mol. The molecule has 140 valence electrons. The number of phenolic OH excluding ortho intramolecular Hbond substituents is 1. The molecule has 0 aliphatic carbocycles. The van der Waals surface area contributed by atoms with E-state index in [1.165, 1.54) is 0 Å². The normalized spacial score (nSPS) is 10.8. The Labute approximate surface area is 156 Å². The predicted molar refractivity (Wildman–Crippen MR) is 107 cm³/mol. The molecule has 5 heteroatoms. The molecule has 2 aromatic carbocycles. The van der Waals surface area contributed by atoms with Crippen LogP contribution in [0.25, 0.3) is 0 Å². The van der Waals surface area contributed by atoms with Crippen molar-refractivity contribution >= 4 is 17.3 Å². The van der Waals surface area contributed by atoms with Crippen molar-refractivity contribution in [1.82, 2.24) is 9.80 Å². The van der Waals surface area contributed by atoms with Crippen LogP contribution in [0.1, 0.15) is 29.8 Å². The van der Waals surface area contributed by atoms with Crippen molar-refractivity contribution in [2.24, 2.45) is 0 Å². The van der Waals surface area contributed by atoms with E-state index in [9.17, 15) is 9.90 Å². The average Bonchev–Trinajstić information content (AvgIpc) is 2.62. The molecule has 0 radical (unpaired) electrons. The minimum atomic E-state index is 0.0468. The van der Waals surface area contributed by atoms with E-state index in [0.29, 0.717) is 24.4 Å². The van der Waals surface area contributed by atoms with Crippen molar-refractivity contribution < 1.29 is 9.90 Å². The van der Waals surface area contributed by atoms with Gasteiger partial charge in [-0.3, -0.25) is 4.79 Å². The Morgan fingerprint density at radius 1 is 1.04 bits per heavy atom. The smallest absolute Gasteiger partial charge is 0.253 e. The van der Waals surface area contributed by atoms with Crippen molar-refractivity contribution in [3.05, 3.63) is 53.6 Å². The van der Waals surface area contributed by atoms with Crippen LogP contribution in [-0.4, -0.2) is 54.5 Å². The minimum Gasteiger partial charge on any atom is -0.508 e. The maximum absolute atomic E-state index is 12.4. The topological polar surface area (TPSA) is 55.8 Å². The van der Waals surface area contributed by atoms with Crippen LogP contribution in [-0.2, 0) is 6.42 Å². The van der Waals surface area contributed by atoms with Gasteiger partial charge in [0.05, 0.1) is 0 Å². The molecule has 0 fully saturated rings. The summed E-state index contributed by atoms with van der Waals surface area (Å²) in [5, 5.41) is 13.6. The Morgan fingerprint density at radius 3 is 2.27 bits per heavy atom. The molecule has 0 unspecified atom stereocenters. The summed E-state index contributed by atoms with van der Waals surface area (Å²) in [4.78, 5) is 16.3. The zero-order chi connectivity index (χ0) is 19.1. The van der Waals surface area contributed by atoms with Crippen LogP contribution in [0.4, 0.5) is 11.4 Å². The molecule has 2 aromatic rings. The van der Waals surface area contributed by atoms with E-state index in [-0.39, 0.29) is 5.91 Å². The zero-order valence-electron chi connectivity index (χ0n) is 16.1. The predicted octanol–water partition coefficient (Wildman–Crippen LogP) is 3.72. The SMILES string of the molecule is CCN(CC)C(=O)c1ccc(Nc2cccc(O)c2CCN(C)C)cc1. The van der Waals surface area contributed by atoms with Crippen LogP contribution >= 0.6 is 0 Å². The lowest BCUT2D eigenvalue weighted by Crippen LogP contribution is -2.30. The lowest BCUT2D eigenvalue weighted by atomic mass is 10.1. The fourth-order valence-electron chi connectivity index (χ4n) is 2.83. The molecule has 0 saturated carbocycles. The number of amides is 1. The largest absolute Gasteiger partial charge is 0.508 e. The highest BCUT2D eigenvalue weighted by atomic mass is 16.3. The van der Waals surface area contributed by atoms with Crippen LogP contribution in [0.15, 0.2) is 42.5 Å². The number of carbonyl (C=O) groups is 1. The van der Waals surface area contributed by atoms with Crippen molar-refractivity contribution in [2.45, 2.75) is 20.3 Å². The summed E-state index contributed by atoms with van der Waals surface area (Å²) in [7, 11) is 4.03. The van der Waals surface area contributed by atoms with Crippen LogP contribution in [0.3, 0.4) is 0 Å². The molecule has 0 heterocycles. The highest BCUT2D eigenvalue weighted by molar-refractivity contribution is 5.94. The number of aromatic hydroxyl groups is 1. The third-order valence-corrected chi connectivity index (χ3v) is 4.42. The first kappa shape index (κ1) is 19.8. The summed E-state index contributed by atoms with van der Waals surface area (Å²) in [6, 6.07) is 13.0. The highest BCUT2D eigenvalue weighted by Crippen LogP contribution is 2.29. The number of nitrogens with zero attached hydrogens (tertiary/aromatic N) is 2. The number of nitrogens with one attached hydrogen (secondary N) is 1. The van der Waals surface area contributed by atoms with Gasteiger partial charge in [0.25, 0.3) is 5.91 Å². The van der Waals surface area contributed by atoms with E-state index < -0.39 is 0 Å². The summed E-state index contributed by atoms with van der Waals surface area (Å²) < 4.78 is 0. The van der Waals surface area contributed by atoms with Gasteiger partial charge in [0.15, 0.2) is 0 Å². The van der Waals surface area contributed by atoms with Gasteiger partial charge in [-0.2, -0.15) is 0 Å². The zero-order valence-corrected chi connectivity index (χ0v) is 16.1. The molecule has 0 bridgehead atoms. The van der Waals surface area contributed by atoms with E-state index in [4.69, 9.17) is 0 Å². The molecule has 0 spiro atoms. The van der Waals surface area contributed by atoms with Gasteiger partial charge in [0.1, 0.15) is 5.75 Å². The molecule has 26 heavy (non-hydrogen) atoms. The van der Waals surface area contributed by atoms with Gasteiger partial charge in [-0.15, -0.1) is 0 Å². The molecular weight excluding hydrogens is 326 g/mol. The molecule has 0 aromatic heterocycles. The van der Waals surface area contributed by atoms with Crippen LogP contribution in [0.5, 0.6) is 5.75 Å². The average molecular weight is 355 g/mol. The third-order valence-electron chi connectivity index (χ3n) is 4.42. The highest BCUT2D eigenvalue weighted by Gasteiger charge is 2.13. The molecule has 0 aliphatic heterocycles. The number of benzene rings is 2. The quantitative estimate of drug-likeness (QED) is 0.758. The Kier molecular flexibility index (Phi) is 7.04. The van der Waals surface area contributed by atoms with E-state index in [1.807, 2.05) is 64.3 Å². The van der Waals surface area contributed by atoms with Crippen molar-refractivity contribution in [3.63, 3.8) is 0 Å². The Bertz CT molecular complexity index is 723. The third kappa shape index (κ3) is 4.99. The number of anilines is 2. The number of hydrogen-bond donors (Lipinski definition) is 2. The second kappa shape index (κ2) is 9.25. The minimum absolute atomic E-state index is 0.0468. The van der Waals surface area contributed by atoms with Crippen LogP contribution in [0, 0.1) is 0 Å². The first-order chi connectivity index (χ1) is 12.5. The Hall–Kier alpha value is -2.53. The molecular formula is C21H29N3O2. The van der Waals surface area contributed by atoms with Gasteiger partial charge in [-0.25, -0.2) is 0 Å². The first-order valence-electron chi connectivity index (χ1n) is 9.08. The molecule has 1 amide bonds. The van der Waals surface area contributed by atoms with Crippen molar-refractivity contribution in [1.29, 1.82) is 0 Å². The summed E-state index contributed by atoms with van der Waals surface area (Å²) in [6.07, 6.45) is 0.751. The van der Waals surface area contributed by atoms with Gasteiger partial charge in [-0.1, -0.05) is 6.07 Å². The summed E-state index contributed by atoms with van der Waals surface area (Å²) in [6.45, 7) is 6.22.